The smallest absolute Gasteiger partial charge is 0.276 e. The number of hydrogen-bond acceptors (Lipinski definition) is 4. The lowest BCUT2D eigenvalue weighted by Gasteiger charge is -2.02. The van der Waals surface area contributed by atoms with Gasteiger partial charge in [-0.15, -0.1) is 0 Å². The number of aromatic nitrogens is 6. The van der Waals surface area contributed by atoms with Crippen molar-refractivity contribution in [1.82, 2.24) is 29.3 Å². The molecule has 0 atom stereocenters. The first-order valence-corrected chi connectivity index (χ1v) is 8.50. The highest BCUT2D eigenvalue weighted by molar-refractivity contribution is 9.10. The molecule has 9 heteroatoms. The molecule has 24 heavy (non-hydrogen) atoms. The minimum absolute atomic E-state index is 0.249. The fourth-order valence-corrected chi connectivity index (χ4v) is 2.74. The minimum Gasteiger partial charge on any atom is -0.318 e. The van der Waals surface area contributed by atoms with E-state index in [1.54, 1.807) is 34.0 Å². The Morgan fingerprint density at radius 1 is 1.21 bits per heavy atom. The molecule has 1 fully saturated rings. The Labute approximate surface area is 146 Å². The summed E-state index contributed by atoms with van der Waals surface area (Å²) in [5.41, 5.74) is 1.04. The molecule has 0 aliphatic heterocycles. The molecule has 0 spiro atoms. The van der Waals surface area contributed by atoms with Gasteiger partial charge in [0.2, 0.25) is 0 Å². The van der Waals surface area contributed by atoms with Crippen molar-refractivity contribution in [2.75, 3.05) is 5.32 Å². The third kappa shape index (κ3) is 3.56. The molecule has 1 aliphatic carbocycles. The zero-order valence-electron chi connectivity index (χ0n) is 12.8. The average Bonchev–Trinajstić information content (AvgIpc) is 2.93. The fraction of sp³-hybridized carbons (Fsp3) is 0.333. The van der Waals surface area contributed by atoms with Gasteiger partial charge in [0, 0.05) is 25.1 Å². The number of nitrogens with zero attached hydrogens (tertiary/aromatic N) is 6. The van der Waals surface area contributed by atoms with Gasteiger partial charge >= 0.3 is 0 Å². The van der Waals surface area contributed by atoms with E-state index in [0.717, 1.165) is 16.9 Å². The van der Waals surface area contributed by atoms with E-state index in [-0.39, 0.29) is 5.91 Å². The van der Waals surface area contributed by atoms with Gasteiger partial charge in [-0.3, -0.25) is 14.2 Å². The highest BCUT2D eigenvalue weighted by atomic mass is 79.9. The Balaban J connectivity index is 1.38. The Hall–Kier alpha value is -2.42. The van der Waals surface area contributed by atoms with Crippen molar-refractivity contribution in [3.63, 3.8) is 0 Å². The minimum atomic E-state index is -0.249. The summed E-state index contributed by atoms with van der Waals surface area (Å²) in [6.07, 6.45) is 11.4. The molecule has 1 aliphatic rings. The molecule has 0 aromatic carbocycles. The van der Waals surface area contributed by atoms with Crippen molar-refractivity contribution in [3.8, 4) is 0 Å². The highest BCUT2D eigenvalue weighted by Crippen LogP contribution is 2.30. The van der Waals surface area contributed by atoms with Crippen molar-refractivity contribution in [2.24, 2.45) is 5.92 Å². The van der Waals surface area contributed by atoms with Crippen LogP contribution in [0.3, 0.4) is 0 Å². The second-order valence-corrected chi connectivity index (χ2v) is 6.84. The number of amides is 1. The maximum Gasteiger partial charge on any atom is 0.276 e. The summed E-state index contributed by atoms with van der Waals surface area (Å²) in [6.45, 7) is 1.36. The Kier molecular flexibility index (Phi) is 3.93. The number of rotatable bonds is 6. The van der Waals surface area contributed by atoms with Crippen LogP contribution in [0.15, 0.2) is 41.5 Å². The fourth-order valence-electron chi connectivity index (χ4n) is 2.41. The van der Waals surface area contributed by atoms with Gasteiger partial charge in [-0.05, 0) is 40.8 Å². The van der Waals surface area contributed by atoms with Crippen molar-refractivity contribution in [3.05, 3.63) is 47.2 Å². The topological polar surface area (TPSA) is 82.6 Å². The van der Waals surface area contributed by atoms with Crippen LogP contribution in [0, 0.1) is 5.92 Å². The number of nitrogens with one attached hydrogen (secondary N) is 1. The van der Waals surface area contributed by atoms with Crippen molar-refractivity contribution >= 4 is 27.5 Å². The molecule has 1 N–H and O–H groups in total. The molecule has 124 valence electrons. The zero-order valence-corrected chi connectivity index (χ0v) is 14.4. The number of carbonyl (C=O) groups excluding carboxylic acids is 1. The second kappa shape index (κ2) is 6.23. The average molecular weight is 390 g/mol. The third-order valence-corrected chi connectivity index (χ3v) is 4.21. The van der Waals surface area contributed by atoms with Crippen molar-refractivity contribution in [2.45, 2.75) is 26.1 Å². The molecule has 0 radical (unpaired) electrons. The van der Waals surface area contributed by atoms with Gasteiger partial charge in [-0.2, -0.15) is 15.3 Å². The summed E-state index contributed by atoms with van der Waals surface area (Å²) in [7, 11) is 0. The molecular weight excluding hydrogens is 374 g/mol. The quantitative estimate of drug-likeness (QED) is 0.700. The Morgan fingerprint density at radius 3 is 2.79 bits per heavy atom. The number of hydrogen-bond donors (Lipinski definition) is 1. The van der Waals surface area contributed by atoms with Crippen molar-refractivity contribution < 1.29 is 4.79 Å². The van der Waals surface area contributed by atoms with Crippen LogP contribution in [-0.2, 0) is 13.2 Å². The first-order valence-electron chi connectivity index (χ1n) is 7.71. The van der Waals surface area contributed by atoms with Crippen LogP contribution < -0.4 is 5.32 Å². The molecule has 3 aromatic heterocycles. The van der Waals surface area contributed by atoms with Crippen LogP contribution in [0.2, 0.25) is 0 Å². The van der Waals surface area contributed by atoms with Gasteiger partial charge in [0.25, 0.3) is 5.91 Å². The van der Waals surface area contributed by atoms with E-state index >= 15 is 0 Å². The molecule has 4 rings (SSSR count). The summed E-state index contributed by atoms with van der Waals surface area (Å²) in [5.74, 6) is 0.493. The predicted octanol–water partition coefficient (Wildman–Crippen LogP) is 2.21. The Morgan fingerprint density at radius 2 is 2.04 bits per heavy atom. The van der Waals surface area contributed by atoms with E-state index < -0.39 is 0 Å². The van der Waals surface area contributed by atoms with Gasteiger partial charge in [0.15, 0.2) is 5.69 Å². The summed E-state index contributed by atoms with van der Waals surface area (Å²) in [6, 6.07) is 1.68. The molecule has 0 bridgehead atoms. The predicted molar refractivity (Wildman–Crippen MR) is 90.5 cm³/mol. The van der Waals surface area contributed by atoms with E-state index in [1.165, 1.54) is 12.8 Å². The summed E-state index contributed by atoms with van der Waals surface area (Å²) in [4.78, 5) is 12.3. The van der Waals surface area contributed by atoms with Gasteiger partial charge in [0.05, 0.1) is 22.6 Å². The lowest BCUT2D eigenvalue weighted by Crippen LogP contribution is -2.14. The van der Waals surface area contributed by atoms with E-state index in [2.05, 4.69) is 36.5 Å². The molecule has 1 amide bonds. The molecular formula is C15H16BrN7O. The molecule has 0 saturated heterocycles. The van der Waals surface area contributed by atoms with E-state index in [1.807, 2.05) is 17.1 Å². The SMILES string of the molecule is O=C(Nc1cnn(CC2CC2)c1)c1ccn(Cn2cc(Br)cn2)n1. The lowest BCUT2D eigenvalue weighted by atomic mass is 10.4. The number of carbonyl (C=O) groups is 1. The van der Waals surface area contributed by atoms with Gasteiger partial charge < -0.3 is 5.32 Å². The summed E-state index contributed by atoms with van der Waals surface area (Å²) >= 11 is 3.35. The standard InChI is InChI=1S/C15H16BrN7O/c16-12-5-17-23(8-12)10-21-4-3-14(20-21)15(24)19-13-6-18-22(9-13)7-11-1-2-11/h3-6,8-9,11H,1-2,7,10H2,(H,19,24). The van der Waals surface area contributed by atoms with Crippen LogP contribution in [0.25, 0.3) is 0 Å². The molecule has 1 saturated carbocycles. The van der Waals surface area contributed by atoms with E-state index in [0.29, 0.717) is 18.1 Å². The van der Waals surface area contributed by atoms with E-state index in [9.17, 15) is 4.79 Å². The van der Waals surface area contributed by atoms with E-state index in [4.69, 9.17) is 0 Å². The maximum atomic E-state index is 12.3. The first-order chi connectivity index (χ1) is 11.7. The van der Waals surface area contributed by atoms with Crippen LogP contribution in [0.4, 0.5) is 5.69 Å². The van der Waals surface area contributed by atoms with Crippen LogP contribution in [0.5, 0.6) is 0 Å². The number of anilines is 1. The van der Waals surface area contributed by atoms with Crippen LogP contribution >= 0.6 is 15.9 Å². The Bertz CT molecular complexity index is 861. The highest BCUT2D eigenvalue weighted by Gasteiger charge is 2.22. The second-order valence-electron chi connectivity index (χ2n) is 5.93. The maximum absolute atomic E-state index is 12.3. The van der Waals surface area contributed by atoms with Gasteiger partial charge in [0.1, 0.15) is 6.67 Å². The van der Waals surface area contributed by atoms with Crippen LogP contribution in [-0.4, -0.2) is 35.2 Å². The number of halogens is 1. The van der Waals surface area contributed by atoms with Gasteiger partial charge in [-0.1, -0.05) is 0 Å². The zero-order chi connectivity index (χ0) is 16.5. The largest absolute Gasteiger partial charge is 0.318 e. The van der Waals surface area contributed by atoms with Gasteiger partial charge in [-0.25, -0.2) is 4.68 Å². The molecule has 0 unspecified atom stereocenters. The van der Waals surface area contributed by atoms with Crippen LogP contribution in [0.1, 0.15) is 23.3 Å². The first kappa shape index (κ1) is 15.1. The van der Waals surface area contributed by atoms with Crippen molar-refractivity contribution in [1.29, 1.82) is 0 Å². The molecule has 3 aromatic rings. The lowest BCUT2D eigenvalue weighted by molar-refractivity contribution is 0.102. The normalized spacial score (nSPS) is 14.0. The molecule has 8 nitrogen and oxygen atoms in total. The summed E-state index contributed by atoms with van der Waals surface area (Å²) in [5, 5.41) is 15.5. The third-order valence-electron chi connectivity index (χ3n) is 3.80. The molecule has 3 heterocycles. The summed E-state index contributed by atoms with van der Waals surface area (Å²) < 4.78 is 6.16. The monoisotopic (exact) mass is 389 g/mol.